The quantitative estimate of drug-likeness (QED) is 0.732. The second-order valence-corrected chi connectivity index (χ2v) is 4.05. The minimum Gasteiger partial charge on any atom is -0.493 e. The molecule has 0 amide bonds. The van der Waals surface area contributed by atoms with Crippen LogP contribution in [0.25, 0.3) is 6.08 Å². The van der Waals surface area contributed by atoms with E-state index in [0.717, 1.165) is 23.8 Å². The number of benzene rings is 1. The van der Waals surface area contributed by atoms with E-state index in [4.69, 9.17) is 16.3 Å². The number of hydrogen-bond acceptors (Lipinski definition) is 1. The van der Waals surface area contributed by atoms with Crippen LogP contribution in [0, 0.1) is 5.92 Å². The Kier molecular flexibility index (Phi) is 2.78. The Morgan fingerprint density at radius 2 is 2.29 bits per heavy atom. The molecule has 0 radical (unpaired) electrons. The first-order valence-corrected chi connectivity index (χ1v) is 5.22. The maximum atomic E-state index is 6.01. The van der Waals surface area contributed by atoms with E-state index in [1.807, 2.05) is 18.2 Å². The third-order valence-electron chi connectivity index (χ3n) is 2.37. The van der Waals surface area contributed by atoms with Gasteiger partial charge in [0.1, 0.15) is 5.75 Å². The lowest BCUT2D eigenvalue weighted by Crippen LogP contribution is -1.98. The van der Waals surface area contributed by atoms with Gasteiger partial charge in [-0.15, -0.1) is 0 Å². The third-order valence-corrected chi connectivity index (χ3v) is 2.70. The molecule has 1 fully saturated rings. The zero-order valence-corrected chi connectivity index (χ0v) is 8.76. The summed E-state index contributed by atoms with van der Waals surface area (Å²) < 4.78 is 5.59. The van der Waals surface area contributed by atoms with Gasteiger partial charge < -0.3 is 4.74 Å². The first-order chi connectivity index (χ1) is 6.79. The van der Waals surface area contributed by atoms with Gasteiger partial charge in [-0.1, -0.05) is 24.3 Å². The molecule has 0 unspecified atom stereocenters. The maximum absolute atomic E-state index is 6.01. The Balaban J connectivity index is 2.02. The molecule has 1 aliphatic rings. The SMILES string of the molecule is C=Cc1ccc(OCC2CC2)cc1Cl. The summed E-state index contributed by atoms with van der Waals surface area (Å²) in [5, 5.41) is 0.702. The summed E-state index contributed by atoms with van der Waals surface area (Å²) in [6.07, 6.45) is 4.35. The number of halogens is 1. The van der Waals surface area contributed by atoms with Crippen LogP contribution in [0.1, 0.15) is 18.4 Å². The summed E-state index contributed by atoms with van der Waals surface area (Å²) in [6.45, 7) is 4.50. The summed E-state index contributed by atoms with van der Waals surface area (Å²) >= 11 is 6.01. The zero-order chi connectivity index (χ0) is 9.97. The van der Waals surface area contributed by atoms with Crippen molar-refractivity contribution >= 4 is 17.7 Å². The largest absolute Gasteiger partial charge is 0.493 e. The molecule has 1 aromatic carbocycles. The average Bonchev–Trinajstić information content (AvgIpc) is 2.98. The molecule has 0 saturated heterocycles. The van der Waals surface area contributed by atoms with Crippen LogP contribution in [0.3, 0.4) is 0 Å². The van der Waals surface area contributed by atoms with Gasteiger partial charge in [0, 0.05) is 0 Å². The fraction of sp³-hybridized carbons (Fsp3) is 0.333. The van der Waals surface area contributed by atoms with E-state index < -0.39 is 0 Å². The van der Waals surface area contributed by atoms with Crippen LogP contribution in [0.2, 0.25) is 5.02 Å². The van der Waals surface area contributed by atoms with Crippen LogP contribution in [-0.2, 0) is 0 Å². The minimum absolute atomic E-state index is 0.702. The molecule has 0 spiro atoms. The molecule has 0 aromatic heterocycles. The topological polar surface area (TPSA) is 9.23 Å². The molecule has 2 rings (SSSR count). The lowest BCUT2D eigenvalue weighted by atomic mass is 10.2. The van der Waals surface area contributed by atoms with Crippen LogP contribution >= 0.6 is 11.6 Å². The van der Waals surface area contributed by atoms with E-state index in [0.29, 0.717) is 5.02 Å². The predicted molar refractivity (Wildman–Crippen MR) is 59.8 cm³/mol. The molecule has 14 heavy (non-hydrogen) atoms. The van der Waals surface area contributed by atoms with Gasteiger partial charge in [-0.25, -0.2) is 0 Å². The molecule has 1 aromatic rings. The molecule has 1 saturated carbocycles. The Hall–Kier alpha value is -0.950. The fourth-order valence-corrected chi connectivity index (χ4v) is 1.51. The summed E-state index contributed by atoms with van der Waals surface area (Å²) in [4.78, 5) is 0. The van der Waals surface area contributed by atoms with Crippen molar-refractivity contribution in [3.05, 3.63) is 35.4 Å². The monoisotopic (exact) mass is 208 g/mol. The molecular formula is C12H13ClO. The number of hydrogen-bond donors (Lipinski definition) is 0. The summed E-state index contributed by atoms with van der Waals surface area (Å²) in [7, 11) is 0. The molecule has 1 aliphatic carbocycles. The van der Waals surface area contributed by atoms with E-state index in [-0.39, 0.29) is 0 Å². The van der Waals surface area contributed by atoms with Crippen molar-refractivity contribution in [1.82, 2.24) is 0 Å². The van der Waals surface area contributed by atoms with Gasteiger partial charge in [0.05, 0.1) is 11.6 Å². The van der Waals surface area contributed by atoms with Crippen molar-refractivity contribution in [2.75, 3.05) is 6.61 Å². The lowest BCUT2D eigenvalue weighted by molar-refractivity contribution is 0.300. The second-order valence-electron chi connectivity index (χ2n) is 3.64. The Labute approximate surface area is 89.3 Å². The van der Waals surface area contributed by atoms with Crippen molar-refractivity contribution in [3.8, 4) is 5.75 Å². The van der Waals surface area contributed by atoms with Crippen molar-refractivity contribution in [2.24, 2.45) is 5.92 Å². The zero-order valence-electron chi connectivity index (χ0n) is 8.00. The van der Waals surface area contributed by atoms with Crippen LogP contribution < -0.4 is 4.74 Å². The molecule has 2 heteroatoms. The fourth-order valence-electron chi connectivity index (χ4n) is 1.26. The van der Waals surface area contributed by atoms with Crippen molar-refractivity contribution < 1.29 is 4.74 Å². The first-order valence-electron chi connectivity index (χ1n) is 4.84. The maximum Gasteiger partial charge on any atom is 0.120 e. The van der Waals surface area contributed by atoms with Crippen LogP contribution in [0.4, 0.5) is 0 Å². The van der Waals surface area contributed by atoms with Gasteiger partial charge in [-0.2, -0.15) is 0 Å². The third kappa shape index (κ3) is 2.30. The smallest absolute Gasteiger partial charge is 0.120 e. The molecule has 0 bridgehead atoms. The molecule has 0 N–H and O–H groups in total. The predicted octanol–water partition coefficient (Wildman–Crippen LogP) is 3.77. The van der Waals surface area contributed by atoms with Gasteiger partial charge in [0.25, 0.3) is 0 Å². The Morgan fingerprint density at radius 1 is 1.50 bits per heavy atom. The molecule has 0 atom stereocenters. The van der Waals surface area contributed by atoms with E-state index in [1.54, 1.807) is 6.08 Å². The van der Waals surface area contributed by atoms with Crippen molar-refractivity contribution in [3.63, 3.8) is 0 Å². The van der Waals surface area contributed by atoms with E-state index >= 15 is 0 Å². The Morgan fingerprint density at radius 3 is 2.86 bits per heavy atom. The molecular weight excluding hydrogens is 196 g/mol. The molecule has 74 valence electrons. The van der Waals surface area contributed by atoms with Crippen LogP contribution in [0.5, 0.6) is 5.75 Å². The van der Waals surface area contributed by atoms with Crippen molar-refractivity contribution in [2.45, 2.75) is 12.8 Å². The van der Waals surface area contributed by atoms with Gasteiger partial charge in [0.15, 0.2) is 0 Å². The lowest BCUT2D eigenvalue weighted by Gasteiger charge is -2.06. The molecule has 0 aliphatic heterocycles. The van der Waals surface area contributed by atoms with E-state index in [1.165, 1.54) is 12.8 Å². The highest BCUT2D eigenvalue weighted by atomic mass is 35.5. The number of rotatable bonds is 4. The highest BCUT2D eigenvalue weighted by Crippen LogP contribution is 2.30. The van der Waals surface area contributed by atoms with Crippen molar-refractivity contribution in [1.29, 1.82) is 0 Å². The molecule has 1 nitrogen and oxygen atoms in total. The standard InChI is InChI=1S/C12H13ClO/c1-2-10-5-6-11(7-12(10)13)14-8-9-3-4-9/h2,5-7,9H,1,3-4,8H2. The first kappa shape index (κ1) is 9.60. The van der Waals surface area contributed by atoms with Gasteiger partial charge in [0.2, 0.25) is 0 Å². The van der Waals surface area contributed by atoms with Gasteiger partial charge >= 0.3 is 0 Å². The van der Waals surface area contributed by atoms with Crippen LogP contribution in [0.15, 0.2) is 24.8 Å². The average molecular weight is 209 g/mol. The summed E-state index contributed by atoms with van der Waals surface area (Å²) in [5.41, 5.74) is 0.949. The van der Waals surface area contributed by atoms with Gasteiger partial charge in [-0.05, 0) is 42.5 Å². The normalized spacial score (nSPS) is 15.2. The summed E-state index contributed by atoms with van der Waals surface area (Å²) in [6, 6.07) is 5.71. The van der Waals surface area contributed by atoms with Crippen LogP contribution in [-0.4, -0.2) is 6.61 Å². The number of ether oxygens (including phenoxy) is 1. The summed E-state index contributed by atoms with van der Waals surface area (Å²) in [5.74, 6) is 1.63. The van der Waals surface area contributed by atoms with E-state index in [9.17, 15) is 0 Å². The Bertz CT molecular complexity index is 342. The van der Waals surface area contributed by atoms with E-state index in [2.05, 4.69) is 6.58 Å². The highest BCUT2D eigenvalue weighted by Gasteiger charge is 2.21. The highest BCUT2D eigenvalue weighted by molar-refractivity contribution is 6.32. The van der Waals surface area contributed by atoms with Gasteiger partial charge in [-0.3, -0.25) is 0 Å². The minimum atomic E-state index is 0.702. The molecule has 0 heterocycles. The second kappa shape index (κ2) is 4.05.